The van der Waals surface area contributed by atoms with Crippen molar-refractivity contribution in [2.45, 2.75) is 50.2 Å². The second-order valence-electron chi connectivity index (χ2n) is 12.5. The SMILES string of the molecule is COc1ccc(S(=O)(=O)N(CC(=O)N(Cc2c(Cl)cccc2Cl)[C@H](Cc2ccccc2)C(=O)NC(C)(C)C)c2cc(Cl)ccc2OC)cc1OC. The molecule has 4 aromatic carbocycles. The smallest absolute Gasteiger partial charge is 0.265 e. The topological polar surface area (TPSA) is 114 Å². The number of halogens is 3. The summed E-state index contributed by atoms with van der Waals surface area (Å²) < 4.78 is 46.4. The molecule has 4 aromatic rings. The van der Waals surface area contributed by atoms with Gasteiger partial charge in [-0.1, -0.05) is 71.2 Å². The average molecular weight is 777 g/mol. The number of ether oxygens (including phenoxy) is 3. The van der Waals surface area contributed by atoms with Crippen LogP contribution in [0.15, 0.2) is 89.8 Å². The number of hydrogen-bond donors (Lipinski definition) is 1. The van der Waals surface area contributed by atoms with E-state index in [4.69, 9.17) is 49.0 Å². The Morgan fingerprint density at radius 2 is 1.39 bits per heavy atom. The number of amides is 2. The van der Waals surface area contributed by atoms with E-state index in [-0.39, 0.29) is 50.1 Å². The number of hydrogen-bond acceptors (Lipinski definition) is 7. The Bertz CT molecular complexity index is 1950. The van der Waals surface area contributed by atoms with E-state index in [1.165, 1.54) is 62.6 Å². The van der Waals surface area contributed by atoms with Crippen molar-refractivity contribution >= 4 is 62.3 Å². The lowest BCUT2D eigenvalue weighted by Gasteiger charge is -2.35. The highest BCUT2D eigenvalue weighted by Gasteiger charge is 2.37. The third-order valence-electron chi connectivity index (χ3n) is 7.79. The summed E-state index contributed by atoms with van der Waals surface area (Å²) in [6, 6.07) is 21.4. The molecule has 0 aliphatic carbocycles. The predicted molar refractivity (Wildman–Crippen MR) is 201 cm³/mol. The Hall–Kier alpha value is -4.16. The van der Waals surface area contributed by atoms with Crippen LogP contribution in [0.1, 0.15) is 31.9 Å². The van der Waals surface area contributed by atoms with Gasteiger partial charge in [0.15, 0.2) is 11.5 Å². The van der Waals surface area contributed by atoms with E-state index in [0.717, 1.165) is 9.87 Å². The molecule has 272 valence electrons. The van der Waals surface area contributed by atoms with Crippen molar-refractivity contribution in [1.82, 2.24) is 10.2 Å². The Labute approximate surface area is 314 Å². The van der Waals surface area contributed by atoms with E-state index in [9.17, 15) is 18.0 Å². The number of benzene rings is 4. The van der Waals surface area contributed by atoms with Gasteiger partial charge in [0.1, 0.15) is 18.3 Å². The van der Waals surface area contributed by atoms with E-state index in [0.29, 0.717) is 11.3 Å². The summed E-state index contributed by atoms with van der Waals surface area (Å²) in [5.41, 5.74) is 0.466. The van der Waals surface area contributed by atoms with Crippen LogP contribution in [0.25, 0.3) is 0 Å². The molecule has 14 heteroatoms. The first-order valence-electron chi connectivity index (χ1n) is 15.8. The summed E-state index contributed by atoms with van der Waals surface area (Å²) in [5, 5.41) is 3.71. The molecule has 0 saturated carbocycles. The molecule has 2 amide bonds. The zero-order valence-corrected chi connectivity index (χ0v) is 32.2. The molecule has 0 heterocycles. The van der Waals surface area contributed by atoms with E-state index in [1.807, 2.05) is 51.1 Å². The zero-order valence-electron chi connectivity index (χ0n) is 29.1. The fraction of sp³-hybridized carbons (Fsp3) is 0.297. The Morgan fingerprint density at radius 3 is 1.98 bits per heavy atom. The van der Waals surface area contributed by atoms with Crippen molar-refractivity contribution in [1.29, 1.82) is 0 Å². The van der Waals surface area contributed by atoms with Crippen molar-refractivity contribution in [3.63, 3.8) is 0 Å². The molecule has 0 fully saturated rings. The molecular formula is C37H40Cl3N3O7S. The first-order chi connectivity index (χ1) is 24.1. The first kappa shape index (κ1) is 39.6. The highest BCUT2D eigenvalue weighted by molar-refractivity contribution is 7.92. The van der Waals surface area contributed by atoms with Gasteiger partial charge in [-0.3, -0.25) is 13.9 Å². The van der Waals surface area contributed by atoms with Crippen LogP contribution in [0.5, 0.6) is 17.2 Å². The molecule has 0 radical (unpaired) electrons. The molecular weight excluding hydrogens is 737 g/mol. The van der Waals surface area contributed by atoms with Gasteiger partial charge in [-0.05, 0) is 68.8 Å². The molecule has 0 aliphatic heterocycles. The highest BCUT2D eigenvalue weighted by Crippen LogP contribution is 2.37. The maximum atomic E-state index is 14.9. The Morgan fingerprint density at radius 1 is 0.784 bits per heavy atom. The molecule has 0 saturated heterocycles. The van der Waals surface area contributed by atoms with Gasteiger partial charge in [0.25, 0.3) is 10.0 Å². The van der Waals surface area contributed by atoms with Crippen LogP contribution in [0.4, 0.5) is 5.69 Å². The number of methoxy groups -OCH3 is 3. The van der Waals surface area contributed by atoms with E-state index in [1.54, 1.807) is 18.2 Å². The van der Waals surface area contributed by atoms with Crippen molar-refractivity contribution in [2.24, 2.45) is 0 Å². The van der Waals surface area contributed by atoms with Crippen LogP contribution in [0.2, 0.25) is 15.1 Å². The van der Waals surface area contributed by atoms with Gasteiger partial charge in [-0.2, -0.15) is 0 Å². The monoisotopic (exact) mass is 775 g/mol. The standard InChI is InChI=1S/C37H40Cl3N3O7S/c1-37(2,3)41-36(45)31(19-24-11-8-7-9-12-24)42(22-27-28(39)13-10-14-29(27)40)35(44)23-43(30-20-25(38)15-17-32(30)48-4)51(46,47)26-16-18-33(49-5)34(21-26)50-6/h7-18,20-21,31H,19,22-23H2,1-6H3,(H,41,45)/t31-/m1/s1. The molecule has 0 aromatic heterocycles. The lowest BCUT2D eigenvalue weighted by atomic mass is 10.0. The lowest BCUT2D eigenvalue weighted by Crippen LogP contribution is -2.56. The summed E-state index contributed by atoms with van der Waals surface area (Å²) in [6.07, 6.45) is 0.0967. The summed E-state index contributed by atoms with van der Waals surface area (Å²) in [7, 11) is -0.381. The molecule has 4 rings (SSSR count). The predicted octanol–water partition coefficient (Wildman–Crippen LogP) is 7.42. The minimum absolute atomic E-state index is 0.0115. The van der Waals surface area contributed by atoms with Gasteiger partial charge in [-0.25, -0.2) is 8.42 Å². The third-order valence-corrected chi connectivity index (χ3v) is 10.5. The Balaban J connectivity index is 1.93. The fourth-order valence-electron chi connectivity index (χ4n) is 5.34. The van der Waals surface area contributed by atoms with Crippen molar-refractivity contribution < 1.29 is 32.2 Å². The van der Waals surface area contributed by atoms with Crippen LogP contribution >= 0.6 is 34.8 Å². The lowest BCUT2D eigenvalue weighted by molar-refractivity contribution is -0.140. The summed E-state index contributed by atoms with van der Waals surface area (Å²) in [6.45, 7) is 4.48. The third kappa shape index (κ3) is 9.79. The molecule has 0 unspecified atom stereocenters. The number of rotatable bonds is 14. The van der Waals surface area contributed by atoms with Crippen LogP contribution in [0, 0.1) is 0 Å². The maximum Gasteiger partial charge on any atom is 0.265 e. The minimum atomic E-state index is -4.55. The van der Waals surface area contributed by atoms with E-state index in [2.05, 4.69) is 5.32 Å². The summed E-state index contributed by atoms with van der Waals surface area (Å²) in [5.74, 6) is -0.613. The zero-order chi connectivity index (χ0) is 37.5. The molecule has 1 N–H and O–H groups in total. The second kappa shape index (κ2) is 16.9. The van der Waals surface area contributed by atoms with Gasteiger partial charge in [0.2, 0.25) is 11.8 Å². The molecule has 0 spiro atoms. The minimum Gasteiger partial charge on any atom is -0.495 e. The number of nitrogens with one attached hydrogen (secondary N) is 1. The van der Waals surface area contributed by atoms with Crippen molar-refractivity contribution in [3.8, 4) is 17.2 Å². The van der Waals surface area contributed by atoms with Crippen LogP contribution in [-0.4, -0.2) is 64.6 Å². The summed E-state index contributed by atoms with van der Waals surface area (Å²) in [4.78, 5) is 30.1. The van der Waals surface area contributed by atoms with Crippen LogP contribution in [0.3, 0.4) is 0 Å². The molecule has 51 heavy (non-hydrogen) atoms. The molecule has 0 aliphatic rings. The second-order valence-corrected chi connectivity index (χ2v) is 15.6. The number of sulfonamides is 1. The maximum absolute atomic E-state index is 14.9. The molecule has 0 bridgehead atoms. The van der Waals surface area contributed by atoms with Gasteiger partial charge in [0, 0.05) is 45.2 Å². The van der Waals surface area contributed by atoms with Gasteiger partial charge in [0.05, 0.1) is 31.9 Å². The van der Waals surface area contributed by atoms with Gasteiger partial charge in [-0.15, -0.1) is 0 Å². The number of nitrogens with zero attached hydrogens (tertiary/aromatic N) is 2. The van der Waals surface area contributed by atoms with Gasteiger partial charge >= 0.3 is 0 Å². The quantitative estimate of drug-likeness (QED) is 0.142. The number of anilines is 1. The number of carbonyl (C=O) groups is 2. The van der Waals surface area contributed by atoms with E-state index >= 15 is 0 Å². The fourth-order valence-corrected chi connectivity index (χ4v) is 7.45. The van der Waals surface area contributed by atoms with Crippen molar-refractivity contribution in [2.75, 3.05) is 32.2 Å². The van der Waals surface area contributed by atoms with Crippen LogP contribution in [-0.2, 0) is 32.6 Å². The Kier molecular flexibility index (Phi) is 13.1. The molecule has 1 atom stereocenters. The number of carbonyl (C=O) groups excluding carboxylic acids is 2. The largest absolute Gasteiger partial charge is 0.495 e. The highest BCUT2D eigenvalue weighted by atomic mass is 35.5. The van der Waals surface area contributed by atoms with E-state index < -0.39 is 40.0 Å². The van der Waals surface area contributed by atoms with Gasteiger partial charge < -0.3 is 24.4 Å². The average Bonchev–Trinajstić information content (AvgIpc) is 3.08. The summed E-state index contributed by atoms with van der Waals surface area (Å²) >= 11 is 19.6. The van der Waals surface area contributed by atoms with Crippen molar-refractivity contribution in [3.05, 3.63) is 111 Å². The van der Waals surface area contributed by atoms with Crippen LogP contribution < -0.4 is 23.8 Å². The normalized spacial score (nSPS) is 12.1. The first-order valence-corrected chi connectivity index (χ1v) is 18.3. The molecule has 10 nitrogen and oxygen atoms in total.